The van der Waals surface area contributed by atoms with Crippen molar-refractivity contribution in [2.45, 2.75) is 46.0 Å². The van der Waals surface area contributed by atoms with Crippen LogP contribution in [0.15, 0.2) is 4.99 Å². The number of hydrogen-bond acceptors (Lipinski definition) is 3. The first kappa shape index (κ1) is 22.9. The first-order valence-corrected chi connectivity index (χ1v) is 9.19. The molecule has 1 heterocycles. The Morgan fingerprint density at radius 3 is 1.96 bits per heavy atom. The van der Waals surface area contributed by atoms with Crippen LogP contribution in [0.1, 0.15) is 46.0 Å². The number of halogens is 1. The molecule has 1 aliphatic heterocycles. The number of likely N-dealkylation sites (N-methyl/N-ethyl adjacent to an activating group) is 1. The van der Waals surface area contributed by atoms with E-state index in [-0.39, 0.29) is 24.0 Å². The molecule has 0 aromatic carbocycles. The molecule has 0 amide bonds. The van der Waals surface area contributed by atoms with Gasteiger partial charge in [0.15, 0.2) is 5.96 Å². The smallest absolute Gasteiger partial charge is 0.190 e. The maximum atomic E-state index is 4.27. The molecule has 0 radical (unpaired) electrons. The van der Waals surface area contributed by atoms with Crippen LogP contribution in [0.5, 0.6) is 0 Å². The van der Waals surface area contributed by atoms with Crippen molar-refractivity contribution in [3.63, 3.8) is 0 Å². The molecule has 1 fully saturated rings. The van der Waals surface area contributed by atoms with E-state index in [2.05, 4.69) is 39.3 Å². The third-order valence-electron chi connectivity index (χ3n) is 4.40. The van der Waals surface area contributed by atoms with Crippen LogP contribution in [-0.4, -0.2) is 75.2 Å². The largest absolute Gasteiger partial charge is 0.356 e. The van der Waals surface area contributed by atoms with Crippen LogP contribution in [0.25, 0.3) is 0 Å². The predicted molar refractivity (Wildman–Crippen MR) is 112 cm³/mol. The van der Waals surface area contributed by atoms with Crippen molar-refractivity contribution < 1.29 is 0 Å². The summed E-state index contributed by atoms with van der Waals surface area (Å²) in [6.07, 6.45) is 6.26. The standard InChI is InChI=1S/C17H37N5.HI/c1-4-6-7-10-19-17(18-3)20-11-8-9-12-22-15-13-21(5-2)14-16-22;/h4-16H2,1-3H3,(H2,18,19,20);1H. The average molecular weight is 439 g/mol. The Morgan fingerprint density at radius 2 is 1.43 bits per heavy atom. The highest BCUT2D eigenvalue weighted by molar-refractivity contribution is 14.0. The lowest BCUT2D eigenvalue weighted by Gasteiger charge is -2.34. The number of nitrogens with one attached hydrogen (secondary N) is 2. The van der Waals surface area contributed by atoms with E-state index in [0.717, 1.165) is 19.0 Å². The molecule has 1 rings (SSSR count). The van der Waals surface area contributed by atoms with Crippen LogP contribution in [0.2, 0.25) is 0 Å². The highest BCUT2D eigenvalue weighted by atomic mass is 127. The molecule has 23 heavy (non-hydrogen) atoms. The Bertz CT molecular complexity index is 291. The van der Waals surface area contributed by atoms with Crippen LogP contribution >= 0.6 is 24.0 Å². The molecule has 1 saturated heterocycles. The Hall–Kier alpha value is -0.0800. The number of hydrogen-bond donors (Lipinski definition) is 2. The Labute approximate surface area is 160 Å². The topological polar surface area (TPSA) is 42.9 Å². The molecule has 1 aliphatic rings. The Balaban J connectivity index is 0.00000484. The summed E-state index contributed by atoms with van der Waals surface area (Å²) in [6.45, 7) is 13.9. The van der Waals surface area contributed by atoms with Gasteiger partial charge in [0.25, 0.3) is 0 Å². The molecular formula is C17H38IN5. The van der Waals surface area contributed by atoms with Crippen molar-refractivity contribution in [2.75, 3.05) is 59.4 Å². The molecule has 0 atom stereocenters. The highest BCUT2D eigenvalue weighted by Gasteiger charge is 2.14. The third kappa shape index (κ3) is 11.2. The number of unbranched alkanes of at least 4 members (excludes halogenated alkanes) is 3. The van der Waals surface area contributed by atoms with Gasteiger partial charge in [-0.15, -0.1) is 24.0 Å². The van der Waals surface area contributed by atoms with E-state index in [1.54, 1.807) is 0 Å². The molecule has 0 aromatic rings. The van der Waals surface area contributed by atoms with E-state index >= 15 is 0 Å². The van der Waals surface area contributed by atoms with Crippen molar-refractivity contribution in [1.29, 1.82) is 0 Å². The lowest BCUT2D eigenvalue weighted by molar-refractivity contribution is 0.136. The van der Waals surface area contributed by atoms with E-state index in [1.165, 1.54) is 71.4 Å². The molecule has 138 valence electrons. The molecule has 0 aliphatic carbocycles. The molecule has 2 N–H and O–H groups in total. The molecule has 0 saturated carbocycles. The summed E-state index contributed by atoms with van der Waals surface area (Å²) in [5.74, 6) is 0.952. The average Bonchev–Trinajstić information content (AvgIpc) is 2.57. The first-order chi connectivity index (χ1) is 10.8. The van der Waals surface area contributed by atoms with Crippen molar-refractivity contribution in [3.8, 4) is 0 Å². The zero-order valence-corrected chi connectivity index (χ0v) is 17.8. The van der Waals surface area contributed by atoms with E-state index < -0.39 is 0 Å². The highest BCUT2D eigenvalue weighted by Crippen LogP contribution is 2.02. The molecule has 0 spiro atoms. The van der Waals surface area contributed by atoms with Gasteiger partial charge in [0, 0.05) is 46.3 Å². The van der Waals surface area contributed by atoms with Gasteiger partial charge in [-0.2, -0.15) is 0 Å². The monoisotopic (exact) mass is 439 g/mol. The van der Waals surface area contributed by atoms with Crippen molar-refractivity contribution in [3.05, 3.63) is 0 Å². The van der Waals surface area contributed by atoms with Gasteiger partial charge in [-0.25, -0.2) is 0 Å². The minimum absolute atomic E-state index is 0. The molecular weight excluding hydrogens is 401 g/mol. The summed E-state index contributed by atoms with van der Waals surface area (Å²) in [4.78, 5) is 9.40. The van der Waals surface area contributed by atoms with E-state index in [1.807, 2.05) is 7.05 Å². The molecule has 0 bridgehead atoms. The lowest BCUT2D eigenvalue weighted by Crippen LogP contribution is -2.46. The second kappa shape index (κ2) is 15.4. The van der Waals surface area contributed by atoms with Gasteiger partial charge in [0.2, 0.25) is 0 Å². The first-order valence-electron chi connectivity index (χ1n) is 9.19. The van der Waals surface area contributed by atoms with Gasteiger partial charge >= 0.3 is 0 Å². The zero-order chi connectivity index (χ0) is 16.0. The summed E-state index contributed by atoms with van der Waals surface area (Å²) >= 11 is 0. The van der Waals surface area contributed by atoms with Crippen LogP contribution in [0.3, 0.4) is 0 Å². The van der Waals surface area contributed by atoms with Crippen LogP contribution in [-0.2, 0) is 0 Å². The van der Waals surface area contributed by atoms with E-state index in [9.17, 15) is 0 Å². The maximum absolute atomic E-state index is 4.27. The van der Waals surface area contributed by atoms with Crippen LogP contribution in [0, 0.1) is 0 Å². The fraction of sp³-hybridized carbons (Fsp3) is 0.941. The molecule has 0 unspecified atom stereocenters. The Morgan fingerprint density at radius 1 is 0.870 bits per heavy atom. The molecule has 5 nitrogen and oxygen atoms in total. The maximum Gasteiger partial charge on any atom is 0.190 e. The predicted octanol–water partition coefficient (Wildman–Crippen LogP) is 2.38. The van der Waals surface area contributed by atoms with Crippen LogP contribution < -0.4 is 10.6 Å². The van der Waals surface area contributed by atoms with Gasteiger partial charge in [-0.05, 0) is 32.4 Å². The molecule has 6 heteroatoms. The van der Waals surface area contributed by atoms with Gasteiger partial charge in [0.05, 0.1) is 0 Å². The number of guanidine groups is 1. The SMILES string of the molecule is CCCCCNC(=NC)NCCCCN1CCN(CC)CC1.I. The number of aliphatic imine (C=N–C) groups is 1. The number of piperazine rings is 1. The molecule has 0 aromatic heterocycles. The van der Waals surface area contributed by atoms with Gasteiger partial charge in [0.1, 0.15) is 0 Å². The van der Waals surface area contributed by atoms with Gasteiger partial charge in [-0.1, -0.05) is 26.7 Å². The summed E-state index contributed by atoms with van der Waals surface area (Å²) < 4.78 is 0. The van der Waals surface area contributed by atoms with E-state index in [0.29, 0.717) is 0 Å². The fourth-order valence-electron chi connectivity index (χ4n) is 2.80. The van der Waals surface area contributed by atoms with Gasteiger partial charge < -0.3 is 20.4 Å². The quantitative estimate of drug-likeness (QED) is 0.238. The second-order valence-electron chi connectivity index (χ2n) is 6.12. The van der Waals surface area contributed by atoms with Crippen molar-refractivity contribution in [2.24, 2.45) is 4.99 Å². The number of nitrogens with zero attached hydrogens (tertiary/aromatic N) is 3. The fourth-order valence-corrected chi connectivity index (χ4v) is 2.80. The summed E-state index contributed by atoms with van der Waals surface area (Å²) in [7, 11) is 1.85. The summed E-state index contributed by atoms with van der Waals surface area (Å²) in [5, 5.41) is 6.79. The lowest BCUT2D eigenvalue weighted by atomic mass is 10.2. The minimum atomic E-state index is 0. The van der Waals surface area contributed by atoms with Crippen molar-refractivity contribution >= 4 is 29.9 Å². The summed E-state index contributed by atoms with van der Waals surface area (Å²) in [5.41, 5.74) is 0. The van der Waals surface area contributed by atoms with Crippen LogP contribution in [0.4, 0.5) is 0 Å². The van der Waals surface area contributed by atoms with Gasteiger partial charge in [-0.3, -0.25) is 4.99 Å². The summed E-state index contributed by atoms with van der Waals surface area (Å²) in [6, 6.07) is 0. The van der Waals surface area contributed by atoms with E-state index in [4.69, 9.17) is 0 Å². The normalized spacial score (nSPS) is 16.9. The number of rotatable bonds is 10. The van der Waals surface area contributed by atoms with Crippen molar-refractivity contribution in [1.82, 2.24) is 20.4 Å². The minimum Gasteiger partial charge on any atom is -0.356 e. The second-order valence-corrected chi connectivity index (χ2v) is 6.12. The zero-order valence-electron chi connectivity index (χ0n) is 15.4. The third-order valence-corrected chi connectivity index (χ3v) is 4.40. The Kier molecular flexibility index (Phi) is 15.4.